The highest BCUT2D eigenvalue weighted by molar-refractivity contribution is 7.89. The molecule has 7 nitrogen and oxygen atoms in total. The highest BCUT2D eigenvalue weighted by atomic mass is 32.2. The Labute approximate surface area is 176 Å². The Bertz CT molecular complexity index is 1160. The number of carbonyl (C=O) groups excluding carboxylic acids is 1. The van der Waals surface area contributed by atoms with Crippen molar-refractivity contribution < 1.29 is 13.2 Å². The summed E-state index contributed by atoms with van der Waals surface area (Å²) in [4.78, 5) is 15.1. The molecular weight excluding hydrogens is 400 g/mol. The van der Waals surface area contributed by atoms with Gasteiger partial charge in [0.1, 0.15) is 0 Å². The van der Waals surface area contributed by atoms with Crippen molar-refractivity contribution in [2.45, 2.75) is 18.7 Å². The van der Waals surface area contributed by atoms with Crippen LogP contribution in [0.15, 0.2) is 59.6 Å². The van der Waals surface area contributed by atoms with Crippen molar-refractivity contribution in [1.29, 1.82) is 0 Å². The van der Waals surface area contributed by atoms with Gasteiger partial charge in [-0.3, -0.25) is 9.89 Å². The van der Waals surface area contributed by atoms with E-state index in [0.29, 0.717) is 29.2 Å². The SMILES string of the molecule is Cc1ccc(C)c(S(=O)(=O)N2CCN(C(=O)c3cn[nH]c3-c3ccccc3)CC2)c1. The predicted molar refractivity (Wildman–Crippen MR) is 115 cm³/mol. The molecule has 1 aliphatic heterocycles. The summed E-state index contributed by atoms with van der Waals surface area (Å²) < 4.78 is 27.7. The van der Waals surface area contributed by atoms with Crippen LogP contribution in [0.1, 0.15) is 21.5 Å². The van der Waals surface area contributed by atoms with Crippen LogP contribution >= 0.6 is 0 Å². The van der Waals surface area contributed by atoms with Crippen molar-refractivity contribution in [3.8, 4) is 11.3 Å². The van der Waals surface area contributed by atoms with Crippen LogP contribution in [0.3, 0.4) is 0 Å². The van der Waals surface area contributed by atoms with Crippen molar-refractivity contribution in [3.63, 3.8) is 0 Å². The first-order chi connectivity index (χ1) is 14.4. The van der Waals surface area contributed by atoms with E-state index in [0.717, 1.165) is 16.7 Å². The molecule has 0 unspecified atom stereocenters. The van der Waals surface area contributed by atoms with Crippen LogP contribution in [0.25, 0.3) is 11.3 Å². The zero-order chi connectivity index (χ0) is 21.3. The van der Waals surface area contributed by atoms with E-state index in [-0.39, 0.29) is 19.0 Å². The van der Waals surface area contributed by atoms with Gasteiger partial charge in [0.15, 0.2) is 0 Å². The summed E-state index contributed by atoms with van der Waals surface area (Å²) in [6.45, 7) is 4.88. The fraction of sp³-hybridized carbons (Fsp3) is 0.273. The predicted octanol–water partition coefficient (Wildman–Crippen LogP) is 2.84. The molecule has 0 spiro atoms. The number of hydrogen-bond donors (Lipinski definition) is 1. The second-order valence-corrected chi connectivity index (χ2v) is 9.40. The second kappa shape index (κ2) is 8.04. The molecule has 0 saturated carbocycles. The minimum Gasteiger partial charge on any atom is -0.336 e. The standard InChI is InChI=1S/C22H24N4O3S/c1-16-8-9-17(2)20(14-16)30(28,29)26-12-10-25(11-13-26)22(27)19-15-23-24-21(19)18-6-4-3-5-7-18/h3-9,14-15H,10-13H2,1-2H3,(H,23,24). The highest BCUT2D eigenvalue weighted by Crippen LogP contribution is 2.25. The maximum Gasteiger partial charge on any atom is 0.257 e. The number of benzene rings is 2. The van der Waals surface area contributed by atoms with Gasteiger partial charge in [-0.25, -0.2) is 8.42 Å². The molecule has 3 aromatic rings. The van der Waals surface area contributed by atoms with Crippen LogP contribution in [0.2, 0.25) is 0 Å². The van der Waals surface area contributed by atoms with Gasteiger partial charge in [-0.1, -0.05) is 42.5 Å². The van der Waals surface area contributed by atoms with Gasteiger partial charge < -0.3 is 4.90 Å². The molecule has 156 valence electrons. The normalized spacial score (nSPS) is 15.3. The van der Waals surface area contributed by atoms with Crippen molar-refractivity contribution in [2.24, 2.45) is 0 Å². The smallest absolute Gasteiger partial charge is 0.257 e. The molecule has 8 heteroatoms. The van der Waals surface area contributed by atoms with Gasteiger partial charge >= 0.3 is 0 Å². The largest absolute Gasteiger partial charge is 0.336 e. The van der Waals surface area contributed by atoms with E-state index in [9.17, 15) is 13.2 Å². The van der Waals surface area contributed by atoms with E-state index in [1.165, 1.54) is 10.5 Å². The number of hydrogen-bond acceptors (Lipinski definition) is 4. The van der Waals surface area contributed by atoms with Crippen LogP contribution in [0.4, 0.5) is 0 Å². The third kappa shape index (κ3) is 3.76. The van der Waals surface area contributed by atoms with Gasteiger partial charge in [0, 0.05) is 31.7 Å². The minimum atomic E-state index is -3.59. The van der Waals surface area contributed by atoms with Crippen molar-refractivity contribution >= 4 is 15.9 Å². The Morgan fingerprint density at radius 1 is 1.00 bits per heavy atom. The molecule has 1 aromatic heterocycles. The third-order valence-corrected chi connectivity index (χ3v) is 7.46. The Morgan fingerprint density at radius 2 is 1.70 bits per heavy atom. The molecule has 0 bridgehead atoms. The number of H-pyrrole nitrogens is 1. The fourth-order valence-electron chi connectivity index (χ4n) is 3.70. The average Bonchev–Trinajstić information content (AvgIpc) is 3.25. The Kier molecular flexibility index (Phi) is 5.44. The van der Waals surface area contributed by atoms with E-state index < -0.39 is 10.0 Å². The number of nitrogens with zero attached hydrogens (tertiary/aromatic N) is 3. The first kappa shape index (κ1) is 20.3. The summed E-state index contributed by atoms with van der Waals surface area (Å²) in [6, 6.07) is 15.0. The van der Waals surface area contributed by atoms with E-state index in [4.69, 9.17) is 0 Å². The topological polar surface area (TPSA) is 86.4 Å². The van der Waals surface area contributed by atoms with E-state index >= 15 is 0 Å². The molecule has 1 saturated heterocycles. The molecule has 4 rings (SSSR count). The lowest BCUT2D eigenvalue weighted by Crippen LogP contribution is -2.50. The summed E-state index contributed by atoms with van der Waals surface area (Å²) in [6.07, 6.45) is 1.53. The van der Waals surface area contributed by atoms with Crippen molar-refractivity contribution in [3.05, 3.63) is 71.4 Å². The van der Waals surface area contributed by atoms with Gasteiger partial charge in [0.2, 0.25) is 10.0 Å². The molecule has 1 N–H and O–H groups in total. The maximum absolute atomic E-state index is 13.1. The number of aryl methyl sites for hydroxylation is 2. The van der Waals surface area contributed by atoms with E-state index in [1.54, 1.807) is 17.9 Å². The second-order valence-electron chi connectivity index (χ2n) is 7.49. The quantitative estimate of drug-likeness (QED) is 0.698. The highest BCUT2D eigenvalue weighted by Gasteiger charge is 2.32. The fourth-order valence-corrected chi connectivity index (χ4v) is 5.43. The summed E-state index contributed by atoms with van der Waals surface area (Å²) in [5.41, 5.74) is 3.68. The van der Waals surface area contributed by atoms with Crippen LogP contribution in [-0.4, -0.2) is 59.9 Å². The van der Waals surface area contributed by atoms with Gasteiger partial charge in [0.05, 0.1) is 22.3 Å². The molecule has 2 heterocycles. The van der Waals surface area contributed by atoms with Crippen LogP contribution in [0, 0.1) is 13.8 Å². The van der Waals surface area contributed by atoms with E-state index in [1.807, 2.05) is 49.4 Å². The van der Waals surface area contributed by atoms with Crippen LogP contribution < -0.4 is 0 Å². The Hall–Kier alpha value is -2.97. The molecule has 1 aliphatic rings. The number of amides is 1. The lowest BCUT2D eigenvalue weighted by Gasteiger charge is -2.34. The van der Waals surface area contributed by atoms with Crippen LogP contribution in [-0.2, 0) is 10.0 Å². The number of rotatable bonds is 4. The number of carbonyl (C=O) groups is 1. The molecule has 1 amide bonds. The summed E-state index contributed by atoms with van der Waals surface area (Å²) in [5.74, 6) is -0.147. The van der Waals surface area contributed by atoms with Crippen molar-refractivity contribution in [1.82, 2.24) is 19.4 Å². The lowest BCUT2D eigenvalue weighted by molar-refractivity contribution is 0.0698. The molecule has 0 atom stereocenters. The summed E-state index contributed by atoms with van der Waals surface area (Å²) in [7, 11) is -3.59. The number of sulfonamides is 1. The Morgan fingerprint density at radius 3 is 2.40 bits per heavy atom. The van der Waals surface area contributed by atoms with Gasteiger partial charge in [-0.15, -0.1) is 0 Å². The Balaban J connectivity index is 1.50. The zero-order valence-corrected chi connectivity index (χ0v) is 17.8. The number of aromatic amines is 1. The third-order valence-electron chi connectivity index (χ3n) is 5.42. The molecule has 1 fully saturated rings. The lowest BCUT2D eigenvalue weighted by atomic mass is 10.1. The number of aromatic nitrogens is 2. The van der Waals surface area contributed by atoms with Crippen LogP contribution in [0.5, 0.6) is 0 Å². The monoisotopic (exact) mass is 424 g/mol. The minimum absolute atomic E-state index is 0.147. The first-order valence-corrected chi connectivity index (χ1v) is 11.3. The number of piperazine rings is 1. The van der Waals surface area contributed by atoms with Gasteiger partial charge in [-0.2, -0.15) is 9.40 Å². The number of nitrogens with one attached hydrogen (secondary N) is 1. The molecule has 0 radical (unpaired) electrons. The molecule has 0 aliphatic carbocycles. The van der Waals surface area contributed by atoms with Gasteiger partial charge in [-0.05, 0) is 31.0 Å². The van der Waals surface area contributed by atoms with Crippen molar-refractivity contribution in [2.75, 3.05) is 26.2 Å². The van der Waals surface area contributed by atoms with E-state index in [2.05, 4.69) is 10.2 Å². The molecule has 2 aromatic carbocycles. The summed E-state index contributed by atoms with van der Waals surface area (Å²) in [5, 5.41) is 6.95. The maximum atomic E-state index is 13.1. The zero-order valence-electron chi connectivity index (χ0n) is 17.0. The molecular formula is C22H24N4O3S. The molecule has 30 heavy (non-hydrogen) atoms. The average molecular weight is 425 g/mol. The first-order valence-electron chi connectivity index (χ1n) is 9.83. The summed E-state index contributed by atoms with van der Waals surface area (Å²) >= 11 is 0. The van der Waals surface area contributed by atoms with Gasteiger partial charge in [0.25, 0.3) is 5.91 Å².